The van der Waals surface area contributed by atoms with Crippen LogP contribution in [-0.2, 0) is 0 Å². The topological polar surface area (TPSA) is 37.9 Å². The van der Waals surface area contributed by atoms with Crippen molar-refractivity contribution in [2.24, 2.45) is 0 Å². The van der Waals surface area contributed by atoms with E-state index >= 15 is 0 Å². The van der Waals surface area contributed by atoms with Crippen LogP contribution >= 0.6 is 12.2 Å². The van der Waals surface area contributed by atoms with Crippen LogP contribution < -0.4 is 4.74 Å². The number of H-pyrrole nitrogens is 1. The monoisotopic (exact) mass is 218 g/mol. The Morgan fingerprint density at radius 3 is 3.00 bits per heavy atom. The second-order valence-electron chi connectivity index (χ2n) is 3.03. The second-order valence-corrected chi connectivity index (χ2v) is 3.43. The van der Waals surface area contributed by atoms with Crippen molar-refractivity contribution in [2.75, 3.05) is 7.11 Å². The Bertz CT molecular complexity index is 522. The minimum absolute atomic E-state index is 0.679. The molecular formula is C11H10N2OS. The molecule has 0 radical (unpaired) electrons. The van der Waals surface area contributed by atoms with Crippen LogP contribution in [0.15, 0.2) is 36.8 Å². The van der Waals surface area contributed by atoms with Crippen LogP contribution in [0.3, 0.4) is 0 Å². The number of ether oxygens (including phenoxy) is 1. The highest BCUT2D eigenvalue weighted by atomic mass is 32.1. The van der Waals surface area contributed by atoms with Crippen LogP contribution in [0.25, 0.3) is 11.1 Å². The maximum absolute atomic E-state index is 5.18. The predicted molar refractivity (Wildman–Crippen MR) is 61.4 cm³/mol. The Kier molecular flexibility index (Phi) is 2.78. The minimum Gasteiger partial charge on any atom is -0.497 e. The average Bonchev–Trinajstić information content (AvgIpc) is 2.30. The second kappa shape index (κ2) is 4.23. The van der Waals surface area contributed by atoms with Crippen molar-refractivity contribution in [1.82, 2.24) is 9.97 Å². The Morgan fingerprint density at radius 2 is 2.27 bits per heavy atom. The SMILES string of the molecule is COc1cccc(-c2cnc[nH]c2=S)c1. The summed E-state index contributed by atoms with van der Waals surface area (Å²) in [5, 5.41) is 0. The Hall–Kier alpha value is -1.68. The molecule has 0 aliphatic rings. The summed E-state index contributed by atoms with van der Waals surface area (Å²) in [6.07, 6.45) is 3.32. The predicted octanol–water partition coefficient (Wildman–Crippen LogP) is 2.81. The highest BCUT2D eigenvalue weighted by molar-refractivity contribution is 7.71. The van der Waals surface area contributed by atoms with Crippen molar-refractivity contribution >= 4 is 12.2 Å². The van der Waals surface area contributed by atoms with Crippen molar-refractivity contribution in [3.63, 3.8) is 0 Å². The van der Waals surface area contributed by atoms with Gasteiger partial charge in [0.2, 0.25) is 0 Å². The minimum atomic E-state index is 0.679. The van der Waals surface area contributed by atoms with Crippen LogP contribution in [0.2, 0.25) is 0 Å². The molecule has 0 atom stereocenters. The van der Waals surface area contributed by atoms with Gasteiger partial charge in [-0.05, 0) is 17.7 Å². The van der Waals surface area contributed by atoms with Gasteiger partial charge in [-0.3, -0.25) is 0 Å². The van der Waals surface area contributed by atoms with Gasteiger partial charge in [0.15, 0.2) is 0 Å². The molecule has 1 aromatic carbocycles. The summed E-state index contributed by atoms with van der Waals surface area (Å²) in [5.74, 6) is 0.811. The normalized spacial score (nSPS) is 9.93. The molecule has 0 saturated carbocycles. The fourth-order valence-electron chi connectivity index (χ4n) is 1.34. The first-order valence-corrected chi connectivity index (χ1v) is 4.89. The molecule has 1 aromatic heterocycles. The summed E-state index contributed by atoms with van der Waals surface area (Å²) in [5.41, 5.74) is 1.91. The number of benzene rings is 1. The van der Waals surface area contributed by atoms with Gasteiger partial charge in [0.05, 0.1) is 13.4 Å². The zero-order valence-electron chi connectivity index (χ0n) is 8.23. The molecule has 0 aliphatic heterocycles. The Labute approximate surface area is 92.8 Å². The first-order chi connectivity index (χ1) is 7.31. The fourth-order valence-corrected chi connectivity index (χ4v) is 1.56. The fraction of sp³-hybridized carbons (Fsp3) is 0.0909. The molecular weight excluding hydrogens is 208 g/mol. The largest absolute Gasteiger partial charge is 0.497 e. The third-order valence-corrected chi connectivity index (χ3v) is 2.44. The molecule has 0 amide bonds. The summed E-state index contributed by atoms with van der Waals surface area (Å²) in [4.78, 5) is 6.91. The third kappa shape index (κ3) is 2.05. The molecule has 0 spiro atoms. The van der Waals surface area contributed by atoms with E-state index in [1.165, 1.54) is 0 Å². The molecule has 76 valence electrons. The Morgan fingerprint density at radius 1 is 1.40 bits per heavy atom. The van der Waals surface area contributed by atoms with E-state index < -0.39 is 0 Å². The summed E-state index contributed by atoms with van der Waals surface area (Å²) in [6.45, 7) is 0. The smallest absolute Gasteiger partial charge is 0.119 e. The van der Waals surface area contributed by atoms with E-state index in [0.717, 1.165) is 16.9 Å². The number of aromatic nitrogens is 2. The van der Waals surface area contributed by atoms with Gasteiger partial charge in [0.25, 0.3) is 0 Å². The van der Waals surface area contributed by atoms with Gasteiger partial charge in [0.1, 0.15) is 10.4 Å². The Balaban J connectivity index is 2.54. The number of nitrogens with one attached hydrogen (secondary N) is 1. The van der Waals surface area contributed by atoms with Crippen molar-refractivity contribution in [3.8, 4) is 16.9 Å². The molecule has 1 N–H and O–H groups in total. The number of rotatable bonds is 2. The number of hydrogen-bond acceptors (Lipinski definition) is 3. The molecule has 1 heterocycles. The summed E-state index contributed by atoms with van der Waals surface area (Å²) in [7, 11) is 1.64. The van der Waals surface area contributed by atoms with E-state index in [1.54, 1.807) is 19.6 Å². The molecule has 0 saturated heterocycles. The summed E-state index contributed by atoms with van der Waals surface area (Å²) >= 11 is 5.18. The molecule has 0 aliphatic carbocycles. The maximum Gasteiger partial charge on any atom is 0.119 e. The lowest BCUT2D eigenvalue weighted by Crippen LogP contribution is -1.86. The van der Waals surface area contributed by atoms with E-state index in [1.807, 2.05) is 24.3 Å². The first kappa shape index (κ1) is 9.86. The van der Waals surface area contributed by atoms with Crippen LogP contribution in [0, 0.1) is 4.64 Å². The van der Waals surface area contributed by atoms with Gasteiger partial charge in [-0.2, -0.15) is 0 Å². The van der Waals surface area contributed by atoms with Gasteiger partial charge in [-0.25, -0.2) is 4.98 Å². The van der Waals surface area contributed by atoms with Crippen LogP contribution in [0.1, 0.15) is 0 Å². The van der Waals surface area contributed by atoms with Crippen molar-refractivity contribution in [3.05, 3.63) is 41.4 Å². The molecule has 0 bridgehead atoms. The maximum atomic E-state index is 5.18. The van der Waals surface area contributed by atoms with E-state index in [0.29, 0.717) is 4.64 Å². The van der Waals surface area contributed by atoms with Crippen LogP contribution in [0.5, 0.6) is 5.75 Å². The molecule has 2 aromatic rings. The summed E-state index contributed by atoms with van der Waals surface area (Å²) in [6, 6.07) is 7.73. The molecule has 0 unspecified atom stereocenters. The van der Waals surface area contributed by atoms with Gasteiger partial charge in [-0.15, -0.1) is 0 Å². The van der Waals surface area contributed by atoms with E-state index in [9.17, 15) is 0 Å². The van der Waals surface area contributed by atoms with E-state index in [4.69, 9.17) is 17.0 Å². The number of methoxy groups -OCH3 is 1. The first-order valence-electron chi connectivity index (χ1n) is 4.48. The van der Waals surface area contributed by atoms with Crippen LogP contribution in [-0.4, -0.2) is 17.1 Å². The molecule has 3 nitrogen and oxygen atoms in total. The van der Waals surface area contributed by atoms with E-state index in [-0.39, 0.29) is 0 Å². The molecule has 2 rings (SSSR count). The molecule has 0 fully saturated rings. The van der Waals surface area contributed by atoms with Gasteiger partial charge in [-0.1, -0.05) is 24.4 Å². The highest BCUT2D eigenvalue weighted by Crippen LogP contribution is 2.23. The molecule has 4 heteroatoms. The lowest BCUT2D eigenvalue weighted by Gasteiger charge is -2.03. The van der Waals surface area contributed by atoms with Crippen molar-refractivity contribution in [1.29, 1.82) is 0 Å². The zero-order chi connectivity index (χ0) is 10.7. The zero-order valence-corrected chi connectivity index (χ0v) is 9.04. The van der Waals surface area contributed by atoms with Crippen LogP contribution in [0.4, 0.5) is 0 Å². The lowest BCUT2D eigenvalue weighted by molar-refractivity contribution is 0.415. The average molecular weight is 218 g/mol. The quantitative estimate of drug-likeness (QED) is 0.788. The number of nitrogens with zero attached hydrogens (tertiary/aromatic N) is 1. The standard InChI is InChI=1S/C11H10N2OS/c1-14-9-4-2-3-8(5-9)10-6-12-7-13-11(10)15/h2-7H,1H3,(H,12,13,15). The van der Waals surface area contributed by atoms with Gasteiger partial charge < -0.3 is 9.72 Å². The number of hydrogen-bond donors (Lipinski definition) is 1. The van der Waals surface area contributed by atoms with Crippen molar-refractivity contribution in [2.45, 2.75) is 0 Å². The lowest BCUT2D eigenvalue weighted by atomic mass is 10.1. The van der Waals surface area contributed by atoms with Crippen molar-refractivity contribution < 1.29 is 4.74 Å². The molecule has 15 heavy (non-hydrogen) atoms. The third-order valence-electron chi connectivity index (χ3n) is 2.10. The van der Waals surface area contributed by atoms with Gasteiger partial charge in [0, 0.05) is 11.8 Å². The van der Waals surface area contributed by atoms with E-state index in [2.05, 4.69) is 9.97 Å². The number of aromatic amines is 1. The highest BCUT2D eigenvalue weighted by Gasteiger charge is 2.01. The summed E-state index contributed by atoms with van der Waals surface area (Å²) < 4.78 is 5.83. The van der Waals surface area contributed by atoms with Gasteiger partial charge >= 0.3 is 0 Å².